The molecule has 4 nitrogen and oxygen atoms in total. The van der Waals surface area contributed by atoms with E-state index in [-0.39, 0.29) is 28.7 Å². The highest BCUT2D eigenvalue weighted by Crippen LogP contribution is 2.34. The highest BCUT2D eigenvalue weighted by Gasteiger charge is 2.32. The van der Waals surface area contributed by atoms with Gasteiger partial charge in [-0.2, -0.15) is 23.5 Å². The maximum absolute atomic E-state index is 5.54. The minimum Gasteiger partial charge on any atom is -0.381 e. The lowest BCUT2D eigenvalue weighted by molar-refractivity contribution is 0.0793. The van der Waals surface area contributed by atoms with E-state index < -0.39 is 0 Å². The van der Waals surface area contributed by atoms with Gasteiger partial charge in [-0.25, -0.2) is 0 Å². The van der Waals surface area contributed by atoms with Crippen molar-refractivity contribution in [2.75, 3.05) is 51.4 Å². The third kappa shape index (κ3) is 6.47. The maximum atomic E-state index is 5.54. The predicted molar refractivity (Wildman–Crippen MR) is 116 cm³/mol. The number of thioether (sulfide) groups is 2. The Labute approximate surface area is 167 Å². The second-order valence-electron chi connectivity index (χ2n) is 6.02. The van der Waals surface area contributed by atoms with E-state index in [9.17, 15) is 0 Å². The molecule has 0 radical (unpaired) electrons. The third-order valence-electron chi connectivity index (χ3n) is 4.58. The van der Waals surface area contributed by atoms with Crippen LogP contribution in [0, 0.1) is 0 Å². The highest BCUT2D eigenvalue weighted by atomic mass is 127. The Kier molecular flexibility index (Phi) is 10.7. The fourth-order valence-electron chi connectivity index (χ4n) is 2.97. The van der Waals surface area contributed by atoms with Crippen LogP contribution >= 0.6 is 47.5 Å². The molecule has 0 aromatic heterocycles. The standard InChI is InChI=1S/C16H31N3OS2.HI/c1-4-14-12-19(8-11-22-14)15(17-5-2)18-13-16(21-3)6-9-20-10-7-16;/h14H,4-13H2,1-3H3,(H,17,18);1H. The Balaban J connectivity index is 0.00000264. The van der Waals surface area contributed by atoms with Gasteiger partial charge >= 0.3 is 0 Å². The average Bonchev–Trinajstić information content (AvgIpc) is 2.59. The van der Waals surface area contributed by atoms with Gasteiger partial charge in [0, 0.05) is 48.6 Å². The molecule has 1 unspecified atom stereocenters. The summed E-state index contributed by atoms with van der Waals surface area (Å²) in [7, 11) is 0. The lowest BCUT2D eigenvalue weighted by Gasteiger charge is -2.37. The van der Waals surface area contributed by atoms with E-state index in [1.54, 1.807) is 0 Å². The predicted octanol–water partition coefficient (Wildman–Crippen LogP) is 3.31. The molecule has 0 spiro atoms. The molecular weight excluding hydrogens is 441 g/mol. The molecular formula is C16H32IN3OS2. The topological polar surface area (TPSA) is 36.9 Å². The van der Waals surface area contributed by atoms with Gasteiger partial charge in [0.05, 0.1) is 6.54 Å². The molecule has 7 heteroatoms. The van der Waals surface area contributed by atoms with Crippen LogP contribution in [0.1, 0.15) is 33.1 Å². The first-order valence-corrected chi connectivity index (χ1v) is 10.8. The van der Waals surface area contributed by atoms with Crippen LogP contribution in [0.15, 0.2) is 4.99 Å². The Morgan fingerprint density at radius 2 is 2.13 bits per heavy atom. The molecule has 2 fully saturated rings. The summed E-state index contributed by atoms with van der Waals surface area (Å²) < 4.78 is 5.81. The van der Waals surface area contributed by atoms with Crippen LogP contribution in [0.4, 0.5) is 0 Å². The smallest absolute Gasteiger partial charge is 0.194 e. The third-order valence-corrected chi connectivity index (χ3v) is 7.36. The number of hydrogen-bond donors (Lipinski definition) is 1. The van der Waals surface area contributed by atoms with E-state index in [4.69, 9.17) is 9.73 Å². The fraction of sp³-hybridized carbons (Fsp3) is 0.938. The zero-order valence-electron chi connectivity index (χ0n) is 14.7. The molecule has 2 aliphatic heterocycles. The first-order valence-electron chi connectivity index (χ1n) is 8.50. The van der Waals surface area contributed by atoms with Crippen molar-refractivity contribution in [3.8, 4) is 0 Å². The van der Waals surface area contributed by atoms with E-state index in [1.165, 1.54) is 12.2 Å². The molecule has 2 rings (SSSR count). The van der Waals surface area contributed by atoms with Gasteiger partial charge in [-0.1, -0.05) is 6.92 Å². The van der Waals surface area contributed by atoms with Gasteiger partial charge in [0.1, 0.15) is 0 Å². The molecule has 1 N–H and O–H groups in total. The van der Waals surface area contributed by atoms with E-state index >= 15 is 0 Å². The molecule has 0 saturated carbocycles. The first-order chi connectivity index (χ1) is 10.7. The molecule has 0 aromatic rings. The Hall–Kier alpha value is 0.660. The molecule has 1 atom stereocenters. The minimum absolute atomic E-state index is 0. The molecule has 2 heterocycles. The van der Waals surface area contributed by atoms with Gasteiger partial charge in [0.25, 0.3) is 0 Å². The van der Waals surface area contributed by atoms with Gasteiger partial charge < -0.3 is 15.0 Å². The number of hydrogen-bond acceptors (Lipinski definition) is 4. The number of halogens is 1. The second-order valence-corrected chi connectivity index (χ2v) is 8.70. The van der Waals surface area contributed by atoms with Crippen molar-refractivity contribution in [2.24, 2.45) is 4.99 Å². The van der Waals surface area contributed by atoms with Crippen molar-refractivity contribution in [2.45, 2.75) is 43.1 Å². The minimum atomic E-state index is 0. The molecule has 2 aliphatic rings. The van der Waals surface area contributed by atoms with E-state index in [1.807, 2.05) is 11.8 Å². The quantitative estimate of drug-likeness (QED) is 0.377. The fourth-order valence-corrected chi connectivity index (χ4v) is 4.92. The number of nitrogens with one attached hydrogen (secondary N) is 1. The van der Waals surface area contributed by atoms with Crippen molar-refractivity contribution in [1.82, 2.24) is 10.2 Å². The van der Waals surface area contributed by atoms with Crippen LogP contribution in [0.3, 0.4) is 0 Å². The van der Waals surface area contributed by atoms with Crippen LogP contribution in [0.5, 0.6) is 0 Å². The number of guanidine groups is 1. The van der Waals surface area contributed by atoms with Crippen LogP contribution in [-0.4, -0.2) is 72.3 Å². The van der Waals surface area contributed by atoms with E-state index in [2.05, 4.69) is 42.1 Å². The number of nitrogens with zero attached hydrogens (tertiary/aromatic N) is 2. The van der Waals surface area contributed by atoms with Crippen LogP contribution in [0.25, 0.3) is 0 Å². The van der Waals surface area contributed by atoms with E-state index in [0.29, 0.717) is 0 Å². The Morgan fingerprint density at radius 1 is 1.39 bits per heavy atom. The van der Waals surface area contributed by atoms with Crippen molar-refractivity contribution in [3.05, 3.63) is 0 Å². The largest absolute Gasteiger partial charge is 0.381 e. The zero-order chi connectivity index (χ0) is 15.8. The molecule has 0 aromatic carbocycles. The number of ether oxygens (including phenoxy) is 1. The molecule has 136 valence electrons. The summed E-state index contributed by atoms with van der Waals surface area (Å²) in [4.78, 5) is 7.48. The summed E-state index contributed by atoms with van der Waals surface area (Å²) in [6.07, 6.45) is 5.69. The molecule has 0 aliphatic carbocycles. The second kappa shape index (κ2) is 11.3. The van der Waals surface area contributed by atoms with Crippen LogP contribution < -0.4 is 5.32 Å². The summed E-state index contributed by atoms with van der Waals surface area (Å²) in [5.74, 6) is 2.32. The monoisotopic (exact) mass is 473 g/mol. The van der Waals surface area contributed by atoms with Crippen molar-refractivity contribution in [1.29, 1.82) is 0 Å². The van der Waals surface area contributed by atoms with Gasteiger partial charge in [-0.05, 0) is 32.4 Å². The Bertz CT molecular complexity index is 365. The summed E-state index contributed by atoms with van der Waals surface area (Å²) in [5.41, 5.74) is 0. The van der Waals surface area contributed by atoms with Gasteiger partial charge in [-0.15, -0.1) is 24.0 Å². The maximum Gasteiger partial charge on any atom is 0.194 e. The molecule has 2 saturated heterocycles. The Morgan fingerprint density at radius 3 is 2.74 bits per heavy atom. The van der Waals surface area contributed by atoms with Crippen LogP contribution in [0.2, 0.25) is 0 Å². The summed E-state index contributed by atoms with van der Waals surface area (Å²) in [6.45, 7) is 10.3. The van der Waals surface area contributed by atoms with Crippen molar-refractivity contribution in [3.63, 3.8) is 0 Å². The SMILES string of the molecule is CCNC(=NCC1(SC)CCOCC1)N1CCSC(CC)C1.I. The number of aliphatic imine (C=N–C) groups is 1. The summed E-state index contributed by atoms with van der Waals surface area (Å²) >= 11 is 4.07. The lowest BCUT2D eigenvalue weighted by atomic mass is 9.99. The van der Waals surface area contributed by atoms with Gasteiger partial charge in [-0.3, -0.25) is 4.99 Å². The summed E-state index contributed by atoms with van der Waals surface area (Å²) in [6, 6.07) is 0. The average molecular weight is 473 g/mol. The van der Waals surface area contributed by atoms with Crippen LogP contribution in [-0.2, 0) is 4.74 Å². The normalized spacial score (nSPS) is 24.9. The van der Waals surface area contributed by atoms with Gasteiger partial charge in [0.15, 0.2) is 5.96 Å². The molecule has 0 bridgehead atoms. The lowest BCUT2D eigenvalue weighted by Crippen LogP contribution is -2.48. The summed E-state index contributed by atoms with van der Waals surface area (Å²) in [5, 5.41) is 4.25. The van der Waals surface area contributed by atoms with Gasteiger partial charge in [0.2, 0.25) is 0 Å². The first kappa shape index (κ1) is 21.7. The highest BCUT2D eigenvalue weighted by molar-refractivity contribution is 14.0. The van der Waals surface area contributed by atoms with E-state index in [0.717, 1.165) is 63.4 Å². The molecule has 0 amide bonds. The van der Waals surface area contributed by atoms with Crippen molar-refractivity contribution < 1.29 is 4.74 Å². The zero-order valence-corrected chi connectivity index (χ0v) is 18.6. The molecule has 23 heavy (non-hydrogen) atoms. The van der Waals surface area contributed by atoms with Crippen molar-refractivity contribution >= 4 is 53.5 Å². The number of rotatable bonds is 5.